The van der Waals surface area contributed by atoms with Crippen molar-refractivity contribution in [2.45, 2.75) is 394 Å². The minimum absolute atomic E-state index is 0.244. The molecular weight excluding hydrogens is 1270 g/mol. The van der Waals surface area contributed by atoms with Crippen LogP contribution < -0.4 is 5.32 Å². The van der Waals surface area contributed by atoms with Crippen molar-refractivity contribution in [3.8, 4) is 0 Å². The Bertz CT molecular complexity index is 2140. The molecule has 3 heterocycles. The molecule has 0 aromatic carbocycles. The largest absolute Gasteiger partial charge is 0.394 e. The second-order valence-corrected chi connectivity index (χ2v) is 28.2. The van der Waals surface area contributed by atoms with Crippen molar-refractivity contribution in [1.82, 2.24) is 5.32 Å². The van der Waals surface area contributed by atoms with Gasteiger partial charge in [0.25, 0.3) is 0 Å². The molecule has 0 radical (unpaired) electrons. The van der Waals surface area contributed by atoms with Gasteiger partial charge in [0.05, 0.1) is 38.6 Å². The van der Waals surface area contributed by atoms with Crippen LogP contribution in [0, 0.1) is 0 Å². The Morgan fingerprint density at radius 2 is 0.690 bits per heavy atom. The molecule has 17 unspecified atom stereocenters. The number of hydrogen-bond donors (Lipinski definition) is 12. The van der Waals surface area contributed by atoms with Crippen molar-refractivity contribution in [3.05, 3.63) is 85.1 Å². The van der Waals surface area contributed by atoms with E-state index < -0.39 is 124 Å². The summed E-state index contributed by atoms with van der Waals surface area (Å²) in [6.07, 6.45) is 53.7. The number of aliphatic hydroxyl groups excluding tert-OH is 11. The molecule has 0 spiro atoms. The van der Waals surface area contributed by atoms with Crippen LogP contribution in [0.2, 0.25) is 0 Å². The first-order chi connectivity index (χ1) is 48.8. The van der Waals surface area contributed by atoms with E-state index in [1.165, 1.54) is 161 Å². The second kappa shape index (κ2) is 61.2. The number of carbonyl (C=O) groups is 1. The number of aliphatic hydroxyl groups is 11. The highest BCUT2D eigenvalue weighted by Gasteiger charge is 2.54. The molecule has 12 N–H and O–H groups in total. The molecule has 0 aromatic heterocycles. The van der Waals surface area contributed by atoms with Crippen LogP contribution in [0.15, 0.2) is 85.1 Å². The van der Waals surface area contributed by atoms with E-state index in [0.717, 1.165) is 96.3 Å². The van der Waals surface area contributed by atoms with Crippen molar-refractivity contribution >= 4 is 5.91 Å². The summed E-state index contributed by atoms with van der Waals surface area (Å²) in [7, 11) is 0. The van der Waals surface area contributed by atoms with E-state index in [-0.39, 0.29) is 18.9 Å². The molecule has 19 nitrogen and oxygen atoms in total. The topological polar surface area (TPSA) is 307 Å². The molecule has 580 valence electrons. The van der Waals surface area contributed by atoms with Crippen molar-refractivity contribution in [3.63, 3.8) is 0 Å². The van der Waals surface area contributed by atoms with Crippen LogP contribution in [-0.4, -0.2) is 193 Å². The summed E-state index contributed by atoms with van der Waals surface area (Å²) in [4.78, 5) is 13.5. The predicted molar refractivity (Wildman–Crippen MR) is 397 cm³/mol. The van der Waals surface area contributed by atoms with Crippen molar-refractivity contribution in [2.24, 2.45) is 0 Å². The third-order valence-corrected chi connectivity index (χ3v) is 19.5. The summed E-state index contributed by atoms with van der Waals surface area (Å²) in [5.41, 5.74) is 0. The lowest BCUT2D eigenvalue weighted by Gasteiger charge is -2.48. The second-order valence-electron chi connectivity index (χ2n) is 28.2. The minimum Gasteiger partial charge on any atom is -0.394 e. The first kappa shape index (κ1) is 91.2. The fraction of sp³-hybridized carbons (Fsp3) is 0.815. The zero-order chi connectivity index (χ0) is 72.5. The molecule has 3 saturated heterocycles. The highest BCUT2D eigenvalue weighted by molar-refractivity contribution is 5.76. The molecule has 100 heavy (non-hydrogen) atoms. The standard InChI is InChI=1S/C81H143NO18/c1-3-5-7-9-11-13-15-17-19-21-23-25-26-27-28-29-30-31-32-33-34-35-36-37-38-39-41-43-45-47-49-51-53-55-57-59-69(87)82-64(65(86)58-56-54-52-50-48-46-44-42-40-24-22-20-18-16-14-12-10-8-6-4-2)63-95-79-75(93)72(90)77(67(61-84)97-79)100-81-76(94)73(91)78(68(62-85)98-81)99-80-74(92)71(89)70(88)66(60-83)96-80/h5,7,11,13,17,19,23,25,27-28,30-31,33-34,64-68,70-81,83-86,88-94H,3-4,6,8-10,12,14-16,18,20-22,24,26,29,32,35-63H2,1-2H3,(H,82,87)/b7-5-,13-11-,19-17-,25-23-,28-27-,31-30-,34-33-. The third kappa shape index (κ3) is 41.0. The number of amides is 1. The lowest BCUT2D eigenvalue weighted by Crippen LogP contribution is -2.66. The fourth-order valence-electron chi connectivity index (χ4n) is 13.1. The first-order valence-electron chi connectivity index (χ1n) is 39.8. The van der Waals surface area contributed by atoms with Crippen molar-refractivity contribution in [2.75, 3.05) is 26.4 Å². The van der Waals surface area contributed by atoms with Gasteiger partial charge in [-0.1, -0.05) is 298 Å². The van der Waals surface area contributed by atoms with E-state index in [0.29, 0.717) is 12.8 Å². The lowest BCUT2D eigenvalue weighted by molar-refractivity contribution is -0.379. The quantitative estimate of drug-likeness (QED) is 0.0199. The van der Waals surface area contributed by atoms with Crippen LogP contribution in [0.4, 0.5) is 0 Å². The van der Waals surface area contributed by atoms with Gasteiger partial charge in [0.1, 0.15) is 73.2 Å². The zero-order valence-corrected chi connectivity index (χ0v) is 61.9. The number of rotatable bonds is 62. The van der Waals surface area contributed by atoms with Gasteiger partial charge >= 0.3 is 0 Å². The zero-order valence-electron chi connectivity index (χ0n) is 61.9. The molecule has 0 bridgehead atoms. The van der Waals surface area contributed by atoms with E-state index in [4.69, 9.17) is 28.4 Å². The summed E-state index contributed by atoms with van der Waals surface area (Å²) in [5.74, 6) is -0.244. The normalized spacial score (nSPS) is 26.9. The smallest absolute Gasteiger partial charge is 0.220 e. The molecule has 17 atom stereocenters. The van der Waals surface area contributed by atoms with Gasteiger partial charge in [-0.05, 0) is 70.6 Å². The first-order valence-corrected chi connectivity index (χ1v) is 39.8. The lowest BCUT2D eigenvalue weighted by atomic mass is 9.96. The number of hydrogen-bond acceptors (Lipinski definition) is 18. The molecule has 3 aliphatic heterocycles. The molecule has 3 rings (SSSR count). The Morgan fingerprint density at radius 3 is 1.08 bits per heavy atom. The predicted octanol–water partition coefficient (Wildman–Crippen LogP) is 13.0. The third-order valence-electron chi connectivity index (χ3n) is 19.5. The van der Waals surface area contributed by atoms with Gasteiger partial charge in [-0.3, -0.25) is 4.79 Å². The van der Waals surface area contributed by atoms with Gasteiger partial charge in [0.15, 0.2) is 18.9 Å². The average Bonchev–Trinajstić information content (AvgIpc) is 0.783. The van der Waals surface area contributed by atoms with Crippen LogP contribution in [-0.2, 0) is 33.2 Å². The Morgan fingerprint density at radius 1 is 0.370 bits per heavy atom. The van der Waals surface area contributed by atoms with Gasteiger partial charge in [-0.15, -0.1) is 0 Å². The highest BCUT2D eigenvalue weighted by atomic mass is 16.8. The van der Waals surface area contributed by atoms with E-state index in [9.17, 15) is 61.0 Å². The molecule has 0 saturated carbocycles. The summed E-state index contributed by atoms with van der Waals surface area (Å²) >= 11 is 0. The van der Waals surface area contributed by atoms with Gasteiger partial charge < -0.3 is 89.9 Å². The average molecular weight is 1420 g/mol. The Labute approximate surface area is 603 Å². The van der Waals surface area contributed by atoms with Crippen LogP contribution >= 0.6 is 0 Å². The Kier molecular flexibility index (Phi) is 55.8. The van der Waals surface area contributed by atoms with Crippen molar-refractivity contribution < 1.29 is 89.4 Å². The number of nitrogens with one attached hydrogen (secondary N) is 1. The summed E-state index contributed by atoms with van der Waals surface area (Å²) in [6.45, 7) is 1.71. The maximum Gasteiger partial charge on any atom is 0.220 e. The maximum atomic E-state index is 13.5. The molecule has 1 amide bonds. The summed E-state index contributed by atoms with van der Waals surface area (Å²) < 4.78 is 34.5. The number of unbranched alkanes of at least 4 members (excludes halogenated alkanes) is 32. The molecule has 3 aliphatic rings. The van der Waals surface area contributed by atoms with Gasteiger partial charge in [0, 0.05) is 6.42 Å². The molecule has 3 fully saturated rings. The maximum absolute atomic E-state index is 13.5. The number of ether oxygens (including phenoxy) is 6. The highest BCUT2D eigenvalue weighted by Crippen LogP contribution is 2.33. The number of carbonyl (C=O) groups excluding carboxylic acids is 1. The van der Waals surface area contributed by atoms with Gasteiger partial charge in [-0.25, -0.2) is 0 Å². The molecular formula is C81H143NO18. The minimum atomic E-state index is -1.98. The SMILES string of the molecule is CC/C=C\C/C=C\C/C=C\C/C=C\C/C=C\C/C=C\C/C=C\CCCCCCCCCCCCCCCC(=O)NC(COC1OC(CO)C(OC2OC(CO)C(OC3OC(CO)C(O)C(O)C3O)C(O)C2O)C(O)C1O)C(O)CCCCCCCCCCCCCCCCCCCCCC. The van der Waals surface area contributed by atoms with Crippen LogP contribution in [0.25, 0.3) is 0 Å². The Hall–Kier alpha value is -3.03. The van der Waals surface area contributed by atoms with Crippen LogP contribution in [0.5, 0.6) is 0 Å². The Balaban J connectivity index is 1.35. The summed E-state index contributed by atoms with van der Waals surface area (Å²) in [6, 6.07) is -0.893. The summed E-state index contributed by atoms with van der Waals surface area (Å²) in [5, 5.41) is 121. The molecule has 19 heteroatoms. The van der Waals surface area contributed by atoms with Crippen LogP contribution in [0.1, 0.15) is 290 Å². The van der Waals surface area contributed by atoms with Gasteiger partial charge in [0.2, 0.25) is 5.91 Å². The van der Waals surface area contributed by atoms with E-state index in [1.807, 2.05) is 0 Å². The van der Waals surface area contributed by atoms with Crippen molar-refractivity contribution in [1.29, 1.82) is 0 Å². The van der Waals surface area contributed by atoms with Gasteiger partial charge in [-0.2, -0.15) is 0 Å². The monoisotopic (exact) mass is 1420 g/mol. The molecule has 0 aromatic rings. The van der Waals surface area contributed by atoms with E-state index >= 15 is 0 Å². The molecule has 0 aliphatic carbocycles. The number of allylic oxidation sites excluding steroid dienone is 14. The van der Waals surface area contributed by atoms with E-state index in [2.05, 4.69) is 104 Å². The fourth-order valence-corrected chi connectivity index (χ4v) is 13.1. The van der Waals surface area contributed by atoms with Crippen LogP contribution in [0.3, 0.4) is 0 Å². The van der Waals surface area contributed by atoms with E-state index in [1.54, 1.807) is 0 Å².